The maximum atomic E-state index is 13.0. The number of aryl methyl sites for hydroxylation is 1. The molecule has 1 aliphatic heterocycles. The molecule has 1 amide bonds. The van der Waals surface area contributed by atoms with E-state index in [0.29, 0.717) is 13.1 Å². The number of piperidine rings is 1. The Labute approximate surface area is 166 Å². The molecular weight excluding hydrogens is 409 g/mol. The molecule has 7 nitrogen and oxygen atoms in total. The first kappa shape index (κ1) is 21.3. The van der Waals surface area contributed by atoms with Crippen LogP contribution in [-0.2, 0) is 23.2 Å². The number of anilines is 1. The lowest BCUT2D eigenvalue weighted by Gasteiger charge is -2.30. The van der Waals surface area contributed by atoms with Crippen molar-refractivity contribution >= 4 is 21.6 Å². The topological polar surface area (TPSA) is 84.3 Å². The molecule has 1 atom stereocenters. The molecule has 1 aliphatic rings. The number of halogens is 3. The summed E-state index contributed by atoms with van der Waals surface area (Å²) in [5.41, 5.74) is -1.71. The largest absolute Gasteiger partial charge is 0.435 e. The SMILES string of the molecule is CC1CCCN(S(=O)(=O)c2ccc(NC(=O)c3cn(C)nc3C(F)(F)F)cc2)C1. The average molecular weight is 430 g/mol. The number of nitrogens with zero attached hydrogens (tertiary/aromatic N) is 3. The van der Waals surface area contributed by atoms with Crippen molar-refractivity contribution in [3.8, 4) is 0 Å². The van der Waals surface area contributed by atoms with Crippen LogP contribution in [0.25, 0.3) is 0 Å². The van der Waals surface area contributed by atoms with E-state index >= 15 is 0 Å². The Bertz CT molecular complexity index is 1000. The molecule has 2 aromatic rings. The van der Waals surface area contributed by atoms with Crippen molar-refractivity contribution in [2.24, 2.45) is 13.0 Å². The zero-order valence-electron chi connectivity index (χ0n) is 15.9. The van der Waals surface area contributed by atoms with E-state index in [0.717, 1.165) is 23.7 Å². The van der Waals surface area contributed by atoms with Gasteiger partial charge in [-0.05, 0) is 43.0 Å². The number of sulfonamides is 1. The van der Waals surface area contributed by atoms with Crippen molar-refractivity contribution in [2.45, 2.75) is 30.8 Å². The predicted octanol–water partition coefficient (Wildman–Crippen LogP) is 3.11. The van der Waals surface area contributed by atoms with Crippen LogP contribution in [0.3, 0.4) is 0 Å². The number of rotatable bonds is 4. The maximum absolute atomic E-state index is 13.0. The van der Waals surface area contributed by atoms with E-state index in [1.54, 1.807) is 0 Å². The number of alkyl halides is 3. The highest BCUT2D eigenvalue weighted by Crippen LogP contribution is 2.31. The molecule has 0 saturated carbocycles. The van der Waals surface area contributed by atoms with Gasteiger partial charge in [0, 0.05) is 32.0 Å². The van der Waals surface area contributed by atoms with Gasteiger partial charge >= 0.3 is 6.18 Å². The molecule has 1 N–H and O–H groups in total. The fraction of sp³-hybridized carbons (Fsp3) is 0.444. The van der Waals surface area contributed by atoms with Gasteiger partial charge in [0.2, 0.25) is 10.0 Å². The third kappa shape index (κ3) is 4.61. The highest BCUT2D eigenvalue weighted by atomic mass is 32.2. The number of hydrogen-bond donors (Lipinski definition) is 1. The van der Waals surface area contributed by atoms with Gasteiger partial charge in [0.25, 0.3) is 5.91 Å². The van der Waals surface area contributed by atoms with E-state index in [9.17, 15) is 26.4 Å². The molecule has 0 bridgehead atoms. The summed E-state index contributed by atoms with van der Waals surface area (Å²) >= 11 is 0. The van der Waals surface area contributed by atoms with Crippen LogP contribution < -0.4 is 5.32 Å². The maximum Gasteiger partial charge on any atom is 0.435 e. The smallest absolute Gasteiger partial charge is 0.322 e. The van der Waals surface area contributed by atoms with Crippen molar-refractivity contribution in [1.29, 1.82) is 0 Å². The zero-order valence-corrected chi connectivity index (χ0v) is 16.7. The second kappa shape index (κ2) is 7.79. The van der Waals surface area contributed by atoms with E-state index in [2.05, 4.69) is 10.4 Å². The van der Waals surface area contributed by atoms with Gasteiger partial charge in [-0.1, -0.05) is 6.92 Å². The number of carbonyl (C=O) groups excluding carboxylic acids is 1. The summed E-state index contributed by atoms with van der Waals surface area (Å²) in [5.74, 6) is -0.703. The Morgan fingerprint density at radius 2 is 1.90 bits per heavy atom. The van der Waals surface area contributed by atoms with Gasteiger partial charge in [0.1, 0.15) is 0 Å². The third-order valence-corrected chi connectivity index (χ3v) is 6.59. The lowest BCUT2D eigenvalue weighted by Crippen LogP contribution is -2.39. The van der Waals surface area contributed by atoms with Crippen LogP contribution >= 0.6 is 0 Å². The van der Waals surface area contributed by atoms with Crippen LogP contribution in [-0.4, -0.2) is 41.5 Å². The minimum Gasteiger partial charge on any atom is -0.322 e. The lowest BCUT2D eigenvalue weighted by atomic mass is 10.0. The Morgan fingerprint density at radius 1 is 1.24 bits per heavy atom. The van der Waals surface area contributed by atoms with Crippen LogP contribution in [0.1, 0.15) is 35.8 Å². The molecule has 3 rings (SSSR count). The minimum atomic E-state index is -4.77. The minimum absolute atomic E-state index is 0.0713. The molecule has 29 heavy (non-hydrogen) atoms. The van der Waals surface area contributed by atoms with Gasteiger partial charge in [-0.2, -0.15) is 22.6 Å². The highest BCUT2D eigenvalue weighted by Gasteiger charge is 2.39. The van der Waals surface area contributed by atoms with E-state index in [4.69, 9.17) is 0 Å². The van der Waals surface area contributed by atoms with E-state index in [1.165, 1.54) is 35.6 Å². The molecule has 1 aromatic heterocycles. The van der Waals surface area contributed by atoms with Crippen LogP contribution in [0.5, 0.6) is 0 Å². The molecule has 2 heterocycles. The van der Waals surface area contributed by atoms with Gasteiger partial charge in [-0.3, -0.25) is 9.48 Å². The second-order valence-electron chi connectivity index (χ2n) is 7.15. The van der Waals surface area contributed by atoms with Crippen LogP contribution in [0.4, 0.5) is 18.9 Å². The first-order valence-corrected chi connectivity index (χ1v) is 10.4. The molecule has 1 unspecified atom stereocenters. The molecule has 0 radical (unpaired) electrons. The second-order valence-corrected chi connectivity index (χ2v) is 9.09. The predicted molar refractivity (Wildman–Crippen MR) is 99.8 cm³/mol. The van der Waals surface area contributed by atoms with E-state index in [1.807, 2.05) is 6.92 Å². The number of benzene rings is 1. The van der Waals surface area contributed by atoms with Crippen molar-refractivity contribution in [2.75, 3.05) is 18.4 Å². The Kier molecular flexibility index (Phi) is 5.72. The monoisotopic (exact) mass is 430 g/mol. The lowest BCUT2D eigenvalue weighted by molar-refractivity contribution is -0.141. The van der Waals surface area contributed by atoms with Gasteiger partial charge in [0.05, 0.1) is 10.5 Å². The Morgan fingerprint density at radius 3 is 2.48 bits per heavy atom. The number of hydrogen-bond acceptors (Lipinski definition) is 4. The van der Waals surface area contributed by atoms with Gasteiger partial charge in [-0.15, -0.1) is 0 Å². The van der Waals surface area contributed by atoms with E-state index < -0.39 is 33.4 Å². The number of carbonyl (C=O) groups is 1. The van der Waals surface area contributed by atoms with Gasteiger partial charge < -0.3 is 5.32 Å². The van der Waals surface area contributed by atoms with Crippen molar-refractivity contribution in [3.05, 3.63) is 41.7 Å². The van der Waals surface area contributed by atoms with Crippen LogP contribution in [0.15, 0.2) is 35.4 Å². The van der Waals surface area contributed by atoms with Crippen LogP contribution in [0.2, 0.25) is 0 Å². The fourth-order valence-corrected chi connectivity index (χ4v) is 4.88. The van der Waals surface area contributed by atoms with Crippen LogP contribution in [0, 0.1) is 5.92 Å². The molecule has 1 saturated heterocycles. The fourth-order valence-electron chi connectivity index (χ4n) is 3.29. The summed E-state index contributed by atoms with van der Waals surface area (Å²) < 4.78 is 66.9. The molecule has 1 fully saturated rings. The molecule has 1 aromatic carbocycles. The zero-order chi connectivity index (χ0) is 21.4. The number of aromatic nitrogens is 2. The third-order valence-electron chi connectivity index (χ3n) is 4.71. The molecular formula is C18H21F3N4O3S. The van der Waals surface area contributed by atoms with Crippen molar-refractivity contribution in [3.63, 3.8) is 0 Å². The first-order valence-electron chi connectivity index (χ1n) is 9.01. The summed E-state index contributed by atoms with van der Waals surface area (Å²) in [7, 11) is -2.37. The van der Waals surface area contributed by atoms with Crippen molar-refractivity contribution < 1.29 is 26.4 Å². The molecule has 158 valence electrons. The van der Waals surface area contributed by atoms with Crippen molar-refractivity contribution in [1.82, 2.24) is 14.1 Å². The summed E-state index contributed by atoms with van der Waals surface area (Å²) in [6, 6.07) is 5.36. The quantitative estimate of drug-likeness (QED) is 0.808. The standard InChI is InChI=1S/C18H21F3N4O3S/c1-12-4-3-9-25(10-12)29(27,28)14-7-5-13(6-8-14)22-17(26)15-11-24(2)23-16(15)18(19,20)21/h5-8,11-12H,3-4,9-10H2,1-2H3,(H,22,26). The normalized spacial score (nSPS) is 18.6. The molecule has 0 aliphatic carbocycles. The number of nitrogens with one attached hydrogen (secondary N) is 1. The van der Waals surface area contributed by atoms with Gasteiger partial charge in [-0.25, -0.2) is 8.42 Å². The summed E-state index contributed by atoms with van der Waals surface area (Å²) in [5, 5.41) is 5.64. The average Bonchev–Trinajstić information content (AvgIpc) is 3.05. The first-order chi connectivity index (χ1) is 13.5. The number of amides is 1. The Hall–Kier alpha value is -2.40. The highest BCUT2D eigenvalue weighted by molar-refractivity contribution is 7.89. The molecule has 0 spiro atoms. The van der Waals surface area contributed by atoms with E-state index in [-0.39, 0.29) is 16.5 Å². The summed E-state index contributed by atoms with van der Waals surface area (Å²) in [6.45, 7) is 2.89. The summed E-state index contributed by atoms with van der Waals surface area (Å²) in [4.78, 5) is 12.3. The summed E-state index contributed by atoms with van der Waals surface area (Å²) in [6.07, 6.45) is -2.02. The Balaban J connectivity index is 1.77. The van der Waals surface area contributed by atoms with Gasteiger partial charge in [0.15, 0.2) is 5.69 Å². The molecule has 11 heteroatoms.